The number of hydrogen-bond acceptors (Lipinski definition) is 7. The SMILES string of the molecule is C=CCN=c1scc(-c2cc(OC)c(OC)c(OC)c2)n1N=C(C)c1ccc(C)o1. The van der Waals surface area contributed by atoms with Gasteiger partial charge in [-0.05, 0) is 38.1 Å². The minimum Gasteiger partial charge on any atom is -0.493 e. The Kier molecular flexibility index (Phi) is 6.79. The zero-order valence-electron chi connectivity index (χ0n) is 17.8. The van der Waals surface area contributed by atoms with Gasteiger partial charge >= 0.3 is 0 Å². The third-order valence-electron chi connectivity index (χ3n) is 4.35. The molecule has 0 atom stereocenters. The van der Waals surface area contributed by atoms with Crippen molar-refractivity contribution in [3.63, 3.8) is 0 Å². The van der Waals surface area contributed by atoms with Crippen molar-refractivity contribution in [3.8, 4) is 28.5 Å². The number of aryl methyl sites for hydroxylation is 1. The van der Waals surface area contributed by atoms with E-state index in [1.165, 1.54) is 11.3 Å². The average molecular weight is 428 g/mol. The van der Waals surface area contributed by atoms with Gasteiger partial charge in [0.2, 0.25) is 10.6 Å². The minimum atomic E-state index is 0.490. The first-order valence-corrected chi connectivity index (χ1v) is 10.1. The standard InChI is InChI=1S/C22H25N3O4S/c1-7-10-23-22-25(24-15(3)18-9-8-14(2)29-18)17(13-30-22)16-11-19(26-4)21(28-6)20(12-16)27-5/h7-9,11-13H,1,10H2,2-6H3. The van der Waals surface area contributed by atoms with Crippen molar-refractivity contribution >= 4 is 17.0 Å². The molecule has 2 aromatic heterocycles. The number of furan rings is 1. The van der Waals surface area contributed by atoms with E-state index < -0.39 is 0 Å². The van der Waals surface area contributed by atoms with Crippen LogP contribution in [0.3, 0.4) is 0 Å². The first kappa shape index (κ1) is 21.4. The lowest BCUT2D eigenvalue weighted by Crippen LogP contribution is -2.14. The van der Waals surface area contributed by atoms with E-state index in [0.717, 1.165) is 27.5 Å². The van der Waals surface area contributed by atoms with E-state index in [4.69, 9.17) is 23.7 Å². The Morgan fingerprint density at radius 3 is 2.40 bits per heavy atom. The molecule has 0 radical (unpaired) electrons. The van der Waals surface area contributed by atoms with E-state index in [1.54, 1.807) is 32.1 Å². The highest BCUT2D eigenvalue weighted by molar-refractivity contribution is 7.07. The van der Waals surface area contributed by atoms with Crippen LogP contribution in [-0.2, 0) is 0 Å². The Labute approximate surface area is 179 Å². The molecule has 0 bridgehead atoms. The summed E-state index contributed by atoms with van der Waals surface area (Å²) in [6.07, 6.45) is 1.75. The molecule has 0 N–H and O–H groups in total. The highest BCUT2D eigenvalue weighted by Crippen LogP contribution is 2.41. The molecule has 3 rings (SSSR count). The highest BCUT2D eigenvalue weighted by atomic mass is 32.1. The van der Waals surface area contributed by atoms with E-state index in [0.29, 0.717) is 29.6 Å². The van der Waals surface area contributed by atoms with Crippen molar-refractivity contribution < 1.29 is 18.6 Å². The topological polar surface area (TPSA) is 70.5 Å². The van der Waals surface area contributed by atoms with Crippen molar-refractivity contribution in [3.05, 3.63) is 58.6 Å². The first-order valence-electron chi connectivity index (χ1n) is 9.27. The van der Waals surface area contributed by atoms with E-state index in [-0.39, 0.29) is 0 Å². The minimum absolute atomic E-state index is 0.490. The van der Waals surface area contributed by atoms with Gasteiger partial charge < -0.3 is 18.6 Å². The number of hydrogen-bond donors (Lipinski definition) is 0. The molecule has 0 spiro atoms. The summed E-state index contributed by atoms with van der Waals surface area (Å²) in [6, 6.07) is 7.59. The van der Waals surface area contributed by atoms with Gasteiger partial charge in [-0.15, -0.1) is 17.9 Å². The van der Waals surface area contributed by atoms with Crippen LogP contribution >= 0.6 is 11.3 Å². The molecule has 0 saturated carbocycles. The first-order chi connectivity index (χ1) is 14.5. The molecule has 2 heterocycles. The summed E-state index contributed by atoms with van der Waals surface area (Å²) in [5.41, 5.74) is 2.42. The summed E-state index contributed by atoms with van der Waals surface area (Å²) < 4.78 is 24.0. The van der Waals surface area contributed by atoms with Gasteiger partial charge in [-0.2, -0.15) is 5.10 Å². The summed E-state index contributed by atoms with van der Waals surface area (Å²) >= 11 is 1.49. The van der Waals surface area contributed by atoms with Crippen LogP contribution in [0.25, 0.3) is 11.3 Å². The summed E-state index contributed by atoms with van der Waals surface area (Å²) in [7, 11) is 4.76. The quantitative estimate of drug-likeness (QED) is 0.392. The fourth-order valence-electron chi connectivity index (χ4n) is 2.90. The molecule has 0 amide bonds. The maximum atomic E-state index is 5.72. The second kappa shape index (κ2) is 9.49. The van der Waals surface area contributed by atoms with Crippen LogP contribution < -0.4 is 19.0 Å². The van der Waals surface area contributed by atoms with Gasteiger partial charge in [0.15, 0.2) is 11.5 Å². The van der Waals surface area contributed by atoms with Gasteiger partial charge in [0.1, 0.15) is 17.2 Å². The molecule has 0 aliphatic rings. The van der Waals surface area contributed by atoms with Crippen molar-refractivity contribution in [2.75, 3.05) is 27.9 Å². The molecule has 7 nitrogen and oxygen atoms in total. The lowest BCUT2D eigenvalue weighted by Gasteiger charge is -2.14. The van der Waals surface area contributed by atoms with Gasteiger partial charge in [0.05, 0.1) is 33.6 Å². The lowest BCUT2D eigenvalue weighted by atomic mass is 10.1. The van der Waals surface area contributed by atoms with Gasteiger partial charge in [0, 0.05) is 10.9 Å². The maximum absolute atomic E-state index is 5.72. The largest absolute Gasteiger partial charge is 0.493 e. The van der Waals surface area contributed by atoms with Crippen LogP contribution in [0.5, 0.6) is 17.2 Å². The van der Waals surface area contributed by atoms with Gasteiger partial charge in [-0.1, -0.05) is 6.08 Å². The monoisotopic (exact) mass is 427 g/mol. The number of aromatic nitrogens is 1. The van der Waals surface area contributed by atoms with Crippen molar-refractivity contribution in [2.45, 2.75) is 13.8 Å². The van der Waals surface area contributed by atoms with Crippen LogP contribution in [0.4, 0.5) is 0 Å². The zero-order chi connectivity index (χ0) is 21.7. The average Bonchev–Trinajstić information content (AvgIpc) is 3.37. The van der Waals surface area contributed by atoms with Crippen molar-refractivity contribution in [1.82, 2.24) is 4.68 Å². The summed E-state index contributed by atoms with van der Waals surface area (Å²) in [5, 5.41) is 6.79. The number of ether oxygens (including phenoxy) is 3. The van der Waals surface area contributed by atoms with E-state index in [2.05, 4.69) is 11.6 Å². The fraction of sp³-hybridized carbons (Fsp3) is 0.273. The normalized spacial score (nSPS) is 12.2. The predicted molar refractivity (Wildman–Crippen MR) is 119 cm³/mol. The Morgan fingerprint density at radius 2 is 1.87 bits per heavy atom. The molecule has 0 aliphatic carbocycles. The van der Waals surface area contributed by atoms with Gasteiger partial charge in [0.25, 0.3) is 0 Å². The molecule has 30 heavy (non-hydrogen) atoms. The van der Waals surface area contributed by atoms with Gasteiger partial charge in [-0.25, -0.2) is 4.68 Å². The maximum Gasteiger partial charge on any atom is 0.206 e. The molecule has 158 valence electrons. The van der Waals surface area contributed by atoms with Crippen LogP contribution in [-0.4, -0.2) is 38.3 Å². The Balaban J connectivity index is 2.21. The second-order valence-corrected chi connectivity index (χ2v) is 7.19. The van der Waals surface area contributed by atoms with Crippen molar-refractivity contribution in [2.24, 2.45) is 10.1 Å². The number of methoxy groups -OCH3 is 3. The Morgan fingerprint density at radius 1 is 1.17 bits per heavy atom. The molecule has 0 unspecified atom stereocenters. The number of rotatable bonds is 8. The molecule has 0 saturated heterocycles. The summed E-state index contributed by atoms with van der Waals surface area (Å²) in [4.78, 5) is 5.32. The molecule has 8 heteroatoms. The van der Waals surface area contributed by atoms with Crippen LogP contribution in [0.15, 0.2) is 56.8 Å². The van der Waals surface area contributed by atoms with E-state index in [9.17, 15) is 0 Å². The third-order valence-corrected chi connectivity index (χ3v) is 5.20. The van der Waals surface area contributed by atoms with Crippen LogP contribution in [0.1, 0.15) is 18.4 Å². The number of nitrogens with zero attached hydrogens (tertiary/aromatic N) is 3. The highest BCUT2D eigenvalue weighted by Gasteiger charge is 2.17. The number of benzene rings is 1. The Hall–Kier alpha value is -3.26. The molecular weight excluding hydrogens is 402 g/mol. The fourth-order valence-corrected chi connectivity index (χ4v) is 3.74. The second-order valence-electron chi connectivity index (χ2n) is 6.35. The van der Waals surface area contributed by atoms with Crippen LogP contribution in [0, 0.1) is 6.92 Å². The van der Waals surface area contributed by atoms with Gasteiger partial charge in [-0.3, -0.25) is 4.99 Å². The smallest absolute Gasteiger partial charge is 0.206 e. The van der Waals surface area contributed by atoms with E-state index >= 15 is 0 Å². The number of thiazole rings is 1. The molecular formula is C22H25N3O4S. The molecule has 0 fully saturated rings. The molecule has 0 aliphatic heterocycles. The van der Waals surface area contributed by atoms with Crippen LogP contribution in [0.2, 0.25) is 0 Å². The summed E-state index contributed by atoms with van der Waals surface area (Å²) in [5.74, 6) is 3.20. The zero-order valence-corrected chi connectivity index (χ0v) is 18.6. The lowest BCUT2D eigenvalue weighted by molar-refractivity contribution is 0.324. The molecule has 3 aromatic rings. The predicted octanol–water partition coefficient (Wildman–Crippen LogP) is 4.50. The van der Waals surface area contributed by atoms with E-state index in [1.807, 2.05) is 43.5 Å². The Bertz CT molecular complexity index is 1110. The third kappa shape index (κ3) is 4.33. The van der Waals surface area contributed by atoms with Crippen molar-refractivity contribution in [1.29, 1.82) is 0 Å². The summed E-state index contributed by atoms with van der Waals surface area (Å²) in [6.45, 7) is 8.05. The molecule has 1 aromatic carbocycles.